The highest BCUT2D eigenvalue weighted by Gasteiger charge is 2.37. The van der Waals surface area contributed by atoms with Crippen molar-refractivity contribution >= 4 is 45.4 Å². The van der Waals surface area contributed by atoms with Crippen LogP contribution in [0.3, 0.4) is 0 Å². The molecule has 30 heavy (non-hydrogen) atoms. The van der Waals surface area contributed by atoms with Gasteiger partial charge < -0.3 is 10.6 Å². The van der Waals surface area contributed by atoms with Crippen molar-refractivity contribution in [1.82, 2.24) is 16.0 Å². The maximum absolute atomic E-state index is 12.5. The summed E-state index contributed by atoms with van der Waals surface area (Å²) in [5.41, 5.74) is 2.74. The number of piperidine rings is 1. The fourth-order valence-electron chi connectivity index (χ4n) is 3.79. The predicted molar refractivity (Wildman–Crippen MR) is 113 cm³/mol. The van der Waals surface area contributed by atoms with Crippen LogP contribution in [0.1, 0.15) is 40.4 Å². The molecule has 4 rings (SSSR count). The number of urea groups is 1. The number of carbonyl (C=O) groups is 4. The molecular weight excluding hydrogens is 452 g/mol. The molecule has 2 unspecified atom stereocenters. The first-order valence-electron chi connectivity index (χ1n) is 9.48. The van der Waals surface area contributed by atoms with Gasteiger partial charge in [0.15, 0.2) is 0 Å². The lowest BCUT2D eigenvalue weighted by molar-refractivity contribution is -0.137. The minimum absolute atomic E-state index is 0.203. The molecule has 0 radical (unpaired) electrons. The first-order valence-corrected chi connectivity index (χ1v) is 10.3. The van der Waals surface area contributed by atoms with Gasteiger partial charge in [-0.1, -0.05) is 22.0 Å². The third-order valence-corrected chi connectivity index (χ3v) is 5.79. The van der Waals surface area contributed by atoms with Crippen molar-refractivity contribution in [3.8, 4) is 0 Å². The highest BCUT2D eigenvalue weighted by atomic mass is 79.9. The molecule has 5 amide bonds. The summed E-state index contributed by atoms with van der Waals surface area (Å²) in [7, 11) is 0. The molecule has 2 atom stereocenters. The largest absolute Gasteiger partial charge is 0.326 e. The van der Waals surface area contributed by atoms with Gasteiger partial charge in [0.05, 0.1) is 5.92 Å². The van der Waals surface area contributed by atoms with Crippen LogP contribution < -0.4 is 21.3 Å². The lowest BCUT2D eigenvalue weighted by Gasteiger charge is -2.26. The van der Waals surface area contributed by atoms with Crippen molar-refractivity contribution in [2.45, 2.75) is 25.4 Å². The van der Waals surface area contributed by atoms with Gasteiger partial charge >= 0.3 is 6.03 Å². The van der Waals surface area contributed by atoms with Crippen molar-refractivity contribution in [2.75, 3.05) is 5.32 Å². The van der Waals surface area contributed by atoms with E-state index in [4.69, 9.17) is 0 Å². The molecule has 0 aliphatic carbocycles. The van der Waals surface area contributed by atoms with Crippen LogP contribution in [0.5, 0.6) is 0 Å². The van der Waals surface area contributed by atoms with Crippen LogP contribution in [0.4, 0.5) is 10.5 Å². The third-order valence-electron chi connectivity index (χ3n) is 5.27. The first kappa shape index (κ1) is 20.2. The molecule has 9 heteroatoms. The zero-order chi connectivity index (χ0) is 21.3. The van der Waals surface area contributed by atoms with Crippen LogP contribution in [0.15, 0.2) is 46.9 Å². The molecule has 2 aliphatic rings. The van der Waals surface area contributed by atoms with E-state index in [1.165, 1.54) is 0 Å². The van der Waals surface area contributed by atoms with E-state index in [-0.39, 0.29) is 23.8 Å². The lowest BCUT2D eigenvalue weighted by atomic mass is 9.86. The Morgan fingerprint density at radius 2 is 1.83 bits per heavy atom. The Balaban J connectivity index is 1.42. The number of nitrogens with one attached hydrogen (secondary N) is 4. The predicted octanol–water partition coefficient (Wildman–Crippen LogP) is 2.61. The molecule has 2 aliphatic heterocycles. The Hall–Kier alpha value is -3.04. The van der Waals surface area contributed by atoms with Crippen LogP contribution in [0, 0.1) is 5.92 Å². The van der Waals surface area contributed by atoms with Crippen molar-refractivity contribution in [1.29, 1.82) is 0 Å². The second kappa shape index (κ2) is 8.37. The van der Waals surface area contributed by atoms with E-state index in [1.807, 2.05) is 0 Å². The molecule has 154 valence electrons. The fraction of sp³-hybridized carbons (Fsp3) is 0.238. The zero-order valence-corrected chi connectivity index (χ0v) is 17.4. The molecule has 4 N–H and O–H groups in total. The van der Waals surface area contributed by atoms with Crippen LogP contribution in [-0.4, -0.2) is 23.8 Å². The number of anilines is 1. The van der Waals surface area contributed by atoms with Crippen molar-refractivity contribution in [3.05, 3.63) is 63.6 Å². The average Bonchev–Trinajstić information content (AvgIpc) is 3.12. The minimum Gasteiger partial charge on any atom is -0.308 e. The molecule has 0 bridgehead atoms. The smallest absolute Gasteiger partial charge is 0.308 e. The quantitative estimate of drug-likeness (QED) is 0.514. The van der Waals surface area contributed by atoms with Crippen LogP contribution in [0.25, 0.3) is 0 Å². The second-order valence-electron chi connectivity index (χ2n) is 7.24. The SMILES string of the molecule is O=C1CCC(C2NCc3cc(C(=O)NC(=O)Nc4ccc(Br)cc4)ccc32)C(=O)N1. The number of hydrogen-bond donors (Lipinski definition) is 4. The molecule has 1 fully saturated rings. The Morgan fingerprint density at radius 1 is 1.07 bits per heavy atom. The summed E-state index contributed by atoms with van der Waals surface area (Å²) in [6.07, 6.45) is 0.804. The Bertz CT molecular complexity index is 1040. The molecular formula is C21H19BrN4O4. The van der Waals surface area contributed by atoms with Gasteiger partial charge in [0.1, 0.15) is 0 Å². The number of imide groups is 2. The maximum atomic E-state index is 12.5. The molecule has 2 aromatic rings. The summed E-state index contributed by atoms with van der Waals surface area (Å²) in [5.74, 6) is -1.37. The summed E-state index contributed by atoms with van der Waals surface area (Å²) in [6.45, 7) is 0.504. The van der Waals surface area contributed by atoms with Crippen molar-refractivity contribution < 1.29 is 19.2 Å². The maximum Gasteiger partial charge on any atom is 0.326 e. The van der Waals surface area contributed by atoms with E-state index in [9.17, 15) is 19.2 Å². The average molecular weight is 471 g/mol. The van der Waals surface area contributed by atoms with Gasteiger partial charge in [0.2, 0.25) is 11.8 Å². The van der Waals surface area contributed by atoms with Gasteiger partial charge in [0.25, 0.3) is 5.91 Å². The van der Waals surface area contributed by atoms with E-state index in [2.05, 4.69) is 37.2 Å². The Kier molecular flexibility index (Phi) is 5.65. The number of carbonyl (C=O) groups excluding carboxylic acids is 4. The van der Waals surface area contributed by atoms with Crippen molar-refractivity contribution in [3.63, 3.8) is 0 Å². The van der Waals surface area contributed by atoms with Gasteiger partial charge in [-0.15, -0.1) is 0 Å². The van der Waals surface area contributed by atoms with Crippen molar-refractivity contribution in [2.24, 2.45) is 5.92 Å². The lowest BCUT2D eigenvalue weighted by Crippen LogP contribution is -2.44. The zero-order valence-electron chi connectivity index (χ0n) is 15.8. The highest BCUT2D eigenvalue weighted by molar-refractivity contribution is 9.10. The standard InChI is InChI=1S/C21H19BrN4O4/c22-13-2-4-14(5-3-13)24-21(30)26-19(28)11-1-6-15-12(9-11)10-23-18(15)16-7-8-17(27)25-20(16)29/h1-6,9,16,18,23H,7-8,10H2,(H,25,27,29)(H2,24,26,28,30). The Morgan fingerprint density at radius 3 is 2.57 bits per heavy atom. The van der Waals surface area contributed by atoms with Crippen LogP contribution in [0.2, 0.25) is 0 Å². The van der Waals surface area contributed by atoms with Gasteiger partial charge in [-0.3, -0.25) is 25.0 Å². The molecule has 2 aromatic carbocycles. The van der Waals surface area contributed by atoms with Crippen LogP contribution >= 0.6 is 15.9 Å². The molecule has 8 nitrogen and oxygen atoms in total. The highest BCUT2D eigenvalue weighted by Crippen LogP contribution is 2.35. The fourth-order valence-corrected chi connectivity index (χ4v) is 4.06. The molecule has 2 heterocycles. The molecule has 0 saturated carbocycles. The normalized spacial score (nSPS) is 20.3. The van der Waals surface area contributed by atoms with E-state index in [0.717, 1.165) is 15.6 Å². The van der Waals surface area contributed by atoms with Gasteiger partial charge in [-0.05, 0) is 53.9 Å². The van der Waals surface area contributed by atoms with Crippen LogP contribution in [-0.2, 0) is 16.1 Å². The minimum atomic E-state index is -0.623. The summed E-state index contributed by atoms with van der Waals surface area (Å²) < 4.78 is 0.881. The summed E-state index contributed by atoms with van der Waals surface area (Å²) in [5, 5.41) is 10.6. The number of halogens is 1. The number of fused-ring (bicyclic) bond motifs is 1. The number of benzene rings is 2. The first-order chi connectivity index (χ1) is 14.4. The number of amides is 5. The van der Waals surface area contributed by atoms with Gasteiger partial charge in [-0.2, -0.15) is 0 Å². The van der Waals surface area contributed by atoms with E-state index >= 15 is 0 Å². The van der Waals surface area contributed by atoms with E-state index < -0.39 is 11.9 Å². The molecule has 1 saturated heterocycles. The molecule has 0 aromatic heterocycles. The summed E-state index contributed by atoms with van der Waals surface area (Å²) in [4.78, 5) is 48.1. The summed E-state index contributed by atoms with van der Waals surface area (Å²) in [6, 6.07) is 11.3. The van der Waals surface area contributed by atoms with Gasteiger partial charge in [0, 0.05) is 34.7 Å². The van der Waals surface area contributed by atoms with Gasteiger partial charge in [-0.25, -0.2) is 4.79 Å². The third kappa shape index (κ3) is 4.27. The second-order valence-corrected chi connectivity index (χ2v) is 8.16. The Labute approximate surface area is 180 Å². The van der Waals surface area contributed by atoms with E-state index in [0.29, 0.717) is 30.6 Å². The topological polar surface area (TPSA) is 116 Å². The monoisotopic (exact) mass is 470 g/mol. The summed E-state index contributed by atoms with van der Waals surface area (Å²) >= 11 is 3.32. The number of rotatable bonds is 3. The van der Waals surface area contributed by atoms with E-state index in [1.54, 1.807) is 42.5 Å². The molecule has 0 spiro atoms. The number of hydrogen-bond acceptors (Lipinski definition) is 5.